The van der Waals surface area contributed by atoms with Crippen LogP contribution in [0, 0.1) is 13.8 Å². The first-order valence-corrected chi connectivity index (χ1v) is 8.64. The molecule has 0 aliphatic carbocycles. The largest absolute Gasteiger partial charge is 0.333 e. The van der Waals surface area contributed by atoms with E-state index in [1.807, 2.05) is 51.4 Å². The van der Waals surface area contributed by atoms with Gasteiger partial charge in [0, 0.05) is 25.4 Å². The van der Waals surface area contributed by atoms with Crippen LogP contribution in [0.2, 0.25) is 0 Å². The third kappa shape index (κ3) is 2.75. The fourth-order valence-corrected chi connectivity index (χ4v) is 3.62. The lowest BCUT2D eigenvalue weighted by molar-refractivity contribution is 0.0731. The first-order chi connectivity index (χ1) is 11.4. The van der Waals surface area contributed by atoms with E-state index in [0.29, 0.717) is 5.69 Å². The van der Waals surface area contributed by atoms with E-state index in [2.05, 4.69) is 15.3 Å². The minimum Gasteiger partial charge on any atom is -0.333 e. The molecule has 24 heavy (non-hydrogen) atoms. The first-order valence-electron chi connectivity index (χ1n) is 7.76. The van der Waals surface area contributed by atoms with Crippen LogP contribution in [0.1, 0.15) is 40.4 Å². The average molecular weight is 343 g/mol. The van der Waals surface area contributed by atoms with Crippen molar-refractivity contribution in [2.45, 2.75) is 26.8 Å². The molecule has 1 atom stereocenters. The van der Waals surface area contributed by atoms with Gasteiger partial charge in [-0.1, -0.05) is 6.07 Å². The summed E-state index contributed by atoms with van der Waals surface area (Å²) in [6.45, 7) is 5.94. The number of carbonyl (C=O) groups excluding carboxylic acids is 1. The molecule has 3 rings (SSSR count). The van der Waals surface area contributed by atoms with Crippen LogP contribution >= 0.6 is 11.3 Å². The lowest BCUT2D eigenvalue weighted by atomic mass is 10.1. The van der Waals surface area contributed by atoms with Crippen LogP contribution in [0.25, 0.3) is 10.6 Å². The Morgan fingerprint density at radius 1 is 1.42 bits per heavy atom. The Morgan fingerprint density at radius 2 is 2.17 bits per heavy atom. The van der Waals surface area contributed by atoms with E-state index in [1.54, 1.807) is 28.0 Å². The standard InChI is InChI=1S/C17H21N5OS/c1-10-16(11(2)19-18-10)12(3)21(4)17(23)14-9-13(20-22(14)5)15-7-6-8-24-15/h6-9,12H,1-5H3,(H,18,19)/t12-/m1/s1. The maximum Gasteiger partial charge on any atom is 0.272 e. The van der Waals surface area contributed by atoms with E-state index < -0.39 is 0 Å². The van der Waals surface area contributed by atoms with Gasteiger partial charge in [0.2, 0.25) is 0 Å². The molecule has 0 spiro atoms. The topological polar surface area (TPSA) is 66.8 Å². The molecular formula is C17H21N5OS. The molecule has 0 fully saturated rings. The molecule has 1 amide bonds. The summed E-state index contributed by atoms with van der Waals surface area (Å²) in [6.07, 6.45) is 0. The Balaban J connectivity index is 1.89. The van der Waals surface area contributed by atoms with E-state index in [9.17, 15) is 4.79 Å². The lowest BCUT2D eigenvalue weighted by Gasteiger charge is -2.25. The number of nitrogens with one attached hydrogen (secondary N) is 1. The lowest BCUT2D eigenvalue weighted by Crippen LogP contribution is -2.31. The van der Waals surface area contributed by atoms with E-state index >= 15 is 0 Å². The molecule has 0 aliphatic rings. The van der Waals surface area contributed by atoms with Gasteiger partial charge < -0.3 is 4.90 Å². The van der Waals surface area contributed by atoms with Gasteiger partial charge in [0.15, 0.2) is 0 Å². The summed E-state index contributed by atoms with van der Waals surface area (Å²) in [5.74, 6) is -0.0553. The van der Waals surface area contributed by atoms with Crippen LogP contribution in [0.15, 0.2) is 23.6 Å². The number of thiophene rings is 1. The molecule has 7 heteroatoms. The number of hydrogen-bond acceptors (Lipinski definition) is 4. The number of hydrogen-bond donors (Lipinski definition) is 1. The Hall–Kier alpha value is -2.41. The van der Waals surface area contributed by atoms with Crippen LogP contribution in [0.3, 0.4) is 0 Å². The molecule has 0 aliphatic heterocycles. The zero-order valence-electron chi connectivity index (χ0n) is 14.5. The SMILES string of the molecule is Cc1n[nH]c(C)c1[C@@H](C)N(C)C(=O)c1cc(-c2cccs2)nn1C. The number of H-pyrrole nitrogens is 1. The van der Waals surface area contributed by atoms with Crippen molar-refractivity contribution < 1.29 is 4.79 Å². The Labute approximate surface area is 145 Å². The van der Waals surface area contributed by atoms with E-state index in [4.69, 9.17) is 0 Å². The fraction of sp³-hybridized carbons (Fsp3) is 0.353. The van der Waals surface area contributed by atoms with Crippen LogP contribution in [0.5, 0.6) is 0 Å². The second kappa shape index (κ2) is 6.24. The molecule has 0 saturated carbocycles. The highest BCUT2D eigenvalue weighted by molar-refractivity contribution is 7.13. The number of aromatic nitrogens is 4. The number of nitrogens with zero attached hydrogens (tertiary/aromatic N) is 4. The summed E-state index contributed by atoms with van der Waals surface area (Å²) >= 11 is 1.61. The zero-order chi connectivity index (χ0) is 17.4. The van der Waals surface area contributed by atoms with Gasteiger partial charge >= 0.3 is 0 Å². The maximum absolute atomic E-state index is 12.9. The molecule has 0 bridgehead atoms. The van der Waals surface area contributed by atoms with E-state index in [-0.39, 0.29) is 11.9 Å². The summed E-state index contributed by atoms with van der Waals surface area (Å²) in [6, 6.07) is 5.77. The average Bonchev–Trinajstić information content (AvgIpc) is 3.26. The van der Waals surface area contributed by atoms with Gasteiger partial charge in [0.1, 0.15) is 11.4 Å². The molecule has 0 unspecified atom stereocenters. The van der Waals surface area contributed by atoms with Gasteiger partial charge in [-0.3, -0.25) is 14.6 Å². The van der Waals surface area contributed by atoms with E-state index in [1.165, 1.54) is 0 Å². The molecule has 3 aromatic heterocycles. The molecule has 1 N–H and O–H groups in total. The fourth-order valence-electron chi connectivity index (χ4n) is 2.94. The van der Waals surface area contributed by atoms with Crippen molar-refractivity contribution in [2.24, 2.45) is 7.05 Å². The van der Waals surface area contributed by atoms with Crippen molar-refractivity contribution in [1.29, 1.82) is 0 Å². The Kier molecular flexibility index (Phi) is 4.28. The van der Waals surface area contributed by atoms with Gasteiger partial charge in [-0.05, 0) is 38.3 Å². The molecule has 126 valence electrons. The third-order valence-electron chi connectivity index (χ3n) is 4.38. The number of amides is 1. The quantitative estimate of drug-likeness (QED) is 0.790. The highest BCUT2D eigenvalue weighted by Crippen LogP contribution is 2.27. The highest BCUT2D eigenvalue weighted by Gasteiger charge is 2.25. The molecule has 0 aromatic carbocycles. The van der Waals surface area contributed by atoms with Crippen molar-refractivity contribution in [3.63, 3.8) is 0 Å². The third-order valence-corrected chi connectivity index (χ3v) is 5.27. The molecule has 0 radical (unpaired) electrons. The van der Waals surface area contributed by atoms with Gasteiger partial charge in [0.25, 0.3) is 5.91 Å². The Bertz CT molecular complexity index is 842. The second-order valence-corrected chi connectivity index (χ2v) is 6.90. The van der Waals surface area contributed by atoms with Crippen molar-refractivity contribution in [3.8, 4) is 10.6 Å². The van der Waals surface area contributed by atoms with Crippen LogP contribution in [0.4, 0.5) is 0 Å². The van der Waals surface area contributed by atoms with Crippen molar-refractivity contribution in [1.82, 2.24) is 24.9 Å². The van der Waals surface area contributed by atoms with Crippen LogP contribution in [-0.4, -0.2) is 37.8 Å². The van der Waals surface area contributed by atoms with Crippen molar-refractivity contribution >= 4 is 17.2 Å². The van der Waals surface area contributed by atoms with E-state index in [0.717, 1.165) is 27.5 Å². The van der Waals surface area contributed by atoms with Gasteiger partial charge in [-0.25, -0.2) is 0 Å². The predicted octanol–water partition coefficient (Wildman–Crippen LogP) is 3.32. The maximum atomic E-state index is 12.9. The summed E-state index contributed by atoms with van der Waals surface area (Å²) in [7, 11) is 3.62. The number of rotatable bonds is 4. The highest BCUT2D eigenvalue weighted by atomic mass is 32.1. The Morgan fingerprint density at radius 3 is 2.75 bits per heavy atom. The minimum absolute atomic E-state index is 0.0553. The van der Waals surface area contributed by atoms with Crippen LogP contribution < -0.4 is 0 Å². The van der Waals surface area contributed by atoms with Gasteiger partial charge in [-0.15, -0.1) is 11.3 Å². The molecule has 6 nitrogen and oxygen atoms in total. The predicted molar refractivity (Wildman–Crippen MR) is 95.1 cm³/mol. The summed E-state index contributed by atoms with van der Waals surface area (Å²) in [5, 5.41) is 13.7. The smallest absolute Gasteiger partial charge is 0.272 e. The monoisotopic (exact) mass is 343 g/mol. The summed E-state index contributed by atoms with van der Waals surface area (Å²) in [4.78, 5) is 15.7. The summed E-state index contributed by atoms with van der Waals surface area (Å²) in [5.41, 5.74) is 4.37. The number of carbonyl (C=O) groups is 1. The second-order valence-electron chi connectivity index (χ2n) is 5.96. The number of aromatic amines is 1. The van der Waals surface area contributed by atoms with Gasteiger partial charge in [-0.2, -0.15) is 10.2 Å². The molecule has 3 aromatic rings. The normalized spacial score (nSPS) is 12.4. The number of aryl methyl sites for hydroxylation is 3. The molecule has 3 heterocycles. The summed E-state index contributed by atoms with van der Waals surface area (Å²) < 4.78 is 1.65. The molecular weight excluding hydrogens is 322 g/mol. The van der Waals surface area contributed by atoms with Crippen molar-refractivity contribution in [3.05, 3.63) is 46.2 Å². The first kappa shape index (κ1) is 16.4. The molecule has 0 saturated heterocycles. The van der Waals surface area contributed by atoms with Crippen LogP contribution in [-0.2, 0) is 7.05 Å². The van der Waals surface area contributed by atoms with Crippen molar-refractivity contribution in [2.75, 3.05) is 7.05 Å². The minimum atomic E-state index is -0.0728. The van der Waals surface area contributed by atoms with Gasteiger partial charge in [0.05, 0.1) is 16.6 Å². The zero-order valence-corrected chi connectivity index (χ0v) is 15.3.